The van der Waals surface area contributed by atoms with E-state index in [2.05, 4.69) is 10.9 Å². The molecule has 20 heavy (non-hydrogen) atoms. The Morgan fingerprint density at radius 2 is 1.80 bits per heavy atom. The van der Waals surface area contributed by atoms with Gasteiger partial charge in [-0.2, -0.15) is 0 Å². The quantitative estimate of drug-likeness (QED) is 0.832. The summed E-state index contributed by atoms with van der Waals surface area (Å²) in [7, 11) is 0. The Hall–Kier alpha value is -2.14. The van der Waals surface area contributed by atoms with Gasteiger partial charge in [0.2, 0.25) is 0 Å². The first-order valence-electron chi connectivity index (χ1n) is 6.50. The molecule has 0 fully saturated rings. The van der Waals surface area contributed by atoms with E-state index in [-0.39, 0.29) is 11.8 Å². The molecular weight excluding hydrogens is 272 g/mol. The SMILES string of the molecule is O=C(NNC(=O)c1cccs1)c1ccc2c(c1)CCC2. The van der Waals surface area contributed by atoms with Crippen LogP contribution in [-0.2, 0) is 12.8 Å². The first-order chi connectivity index (χ1) is 9.74. The number of hydrogen-bond acceptors (Lipinski definition) is 3. The van der Waals surface area contributed by atoms with Crippen LogP contribution in [-0.4, -0.2) is 11.8 Å². The number of hydrogen-bond donors (Lipinski definition) is 2. The van der Waals surface area contributed by atoms with Crippen molar-refractivity contribution in [2.24, 2.45) is 0 Å². The summed E-state index contributed by atoms with van der Waals surface area (Å²) in [6, 6.07) is 9.22. The van der Waals surface area contributed by atoms with Crippen molar-refractivity contribution in [1.82, 2.24) is 10.9 Å². The third-order valence-electron chi connectivity index (χ3n) is 3.40. The summed E-state index contributed by atoms with van der Waals surface area (Å²) in [6.45, 7) is 0. The maximum Gasteiger partial charge on any atom is 0.279 e. The summed E-state index contributed by atoms with van der Waals surface area (Å²) < 4.78 is 0. The Morgan fingerprint density at radius 1 is 1.00 bits per heavy atom. The van der Waals surface area contributed by atoms with Gasteiger partial charge in [0.15, 0.2) is 0 Å². The monoisotopic (exact) mass is 286 g/mol. The lowest BCUT2D eigenvalue weighted by Crippen LogP contribution is -2.41. The minimum absolute atomic E-state index is 0.287. The van der Waals surface area contributed by atoms with E-state index in [9.17, 15) is 9.59 Å². The molecule has 2 amide bonds. The number of hydrazine groups is 1. The Bertz CT molecular complexity index is 650. The van der Waals surface area contributed by atoms with E-state index in [0.29, 0.717) is 10.4 Å². The van der Waals surface area contributed by atoms with Crippen molar-refractivity contribution >= 4 is 23.2 Å². The van der Waals surface area contributed by atoms with Gasteiger partial charge in [-0.3, -0.25) is 20.4 Å². The van der Waals surface area contributed by atoms with Gasteiger partial charge in [0.05, 0.1) is 4.88 Å². The summed E-state index contributed by atoms with van der Waals surface area (Å²) in [5, 5.41) is 1.82. The number of nitrogens with one attached hydrogen (secondary N) is 2. The van der Waals surface area contributed by atoms with Gasteiger partial charge in [0.1, 0.15) is 0 Å². The highest BCUT2D eigenvalue weighted by atomic mass is 32.1. The molecule has 4 nitrogen and oxygen atoms in total. The normalized spacial score (nSPS) is 12.8. The Labute approximate surface area is 120 Å². The molecule has 0 saturated carbocycles. The van der Waals surface area contributed by atoms with E-state index in [0.717, 1.165) is 19.3 Å². The summed E-state index contributed by atoms with van der Waals surface area (Å²) in [5.41, 5.74) is 8.01. The summed E-state index contributed by atoms with van der Waals surface area (Å²) in [4.78, 5) is 24.3. The van der Waals surface area contributed by atoms with Crippen LogP contribution in [0.4, 0.5) is 0 Å². The van der Waals surface area contributed by atoms with Crippen molar-refractivity contribution < 1.29 is 9.59 Å². The van der Waals surface area contributed by atoms with Gasteiger partial charge in [-0.1, -0.05) is 12.1 Å². The molecule has 0 spiro atoms. The smallest absolute Gasteiger partial charge is 0.267 e. The zero-order valence-electron chi connectivity index (χ0n) is 10.8. The second kappa shape index (κ2) is 5.46. The van der Waals surface area contributed by atoms with Gasteiger partial charge >= 0.3 is 0 Å². The molecule has 0 atom stereocenters. The van der Waals surface area contributed by atoms with Crippen LogP contribution in [0.3, 0.4) is 0 Å². The Balaban J connectivity index is 1.63. The van der Waals surface area contributed by atoms with E-state index in [4.69, 9.17) is 0 Å². The number of benzene rings is 1. The van der Waals surface area contributed by atoms with Gasteiger partial charge in [-0.15, -0.1) is 11.3 Å². The van der Waals surface area contributed by atoms with Crippen LogP contribution in [0.15, 0.2) is 35.7 Å². The van der Waals surface area contributed by atoms with Crippen LogP contribution >= 0.6 is 11.3 Å². The molecule has 0 saturated heterocycles. The second-order valence-corrected chi connectivity index (χ2v) is 5.67. The van der Waals surface area contributed by atoms with Crippen LogP contribution in [0.1, 0.15) is 37.6 Å². The van der Waals surface area contributed by atoms with E-state index < -0.39 is 0 Å². The molecule has 1 aliphatic carbocycles. The second-order valence-electron chi connectivity index (χ2n) is 4.72. The largest absolute Gasteiger partial charge is 0.279 e. The number of thiophene rings is 1. The molecule has 1 heterocycles. The number of amides is 2. The molecule has 2 aromatic rings. The van der Waals surface area contributed by atoms with Crippen molar-refractivity contribution in [3.05, 3.63) is 57.3 Å². The highest BCUT2D eigenvalue weighted by Gasteiger charge is 2.14. The lowest BCUT2D eigenvalue weighted by Gasteiger charge is -2.07. The van der Waals surface area contributed by atoms with Crippen LogP contribution in [0.2, 0.25) is 0 Å². The molecule has 2 N–H and O–H groups in total. The summed E-state index contributed by atoms with van der Waals surface area (Å²) >= 11 is 1.33. The number of carbonyl (C=O) groups is 2. The van der Waals surface area contributed by atoms with Crippen molar-refractivity contribution in [2.75, 3.05) is 0 Å². The third-order valence-corrected chi connectivity index (χ3v) is 4.26. The fourth-order valence-corrected chi connectivity index (χ4v) is 2.99. The number of fused-ring (bicyclic) bond motifs is 1. The molecule has 1 aromatic carbocycles. The highest BCUT2D eigenvalue weighted by Crippen LogP contribution is 2.22. The first-order valence-corrected chi connectivity index (χ1v) is 7.38. The van der Waals surface area contributed by atoms with Gasteiger partial charge in [0.25, 0.3) is 11.8 Å². The Morgan fingerprint density at radius 3 is 2.60 bits per heavy atom. The maximum absolute atomic E-state index is 12.0. The molecule has 0 radical (unpaired) electrons. The van der Waals surface area contributed by atoms with Crippen molar-refractivity contribution in [1.29, 1.82) is 0 Å². The number of rotatable bonds is 2. The van der Waals surface area contributed by atoms with Crippen molar-refractivity contribution in [2.45, 2.75) is 19.3 Å². The first kappa shape index (κ1) is 12.9. The van der Waals surface area contributed by atoms with Crippen LogP contribution in [0.5, 0.6) is 0 Å². The molecule has 5 heteroatoms. The Kier molecular flexibility index (Phi) is 3.52. The molecule has 1 aliphatic rings. The van der Waals surface area contributed by atoms with Crippen LogP contribution in [0.25, 0.3) is 0 Å². The minimum Gasteiger partial charge on any atom is -0.267 e. The fourth-order valence-electron chi connectivity index (χ4n) is 2.37. The molecule has 1 aromatic heterocycles. The zero-order valence-corrected chi connectivity index (χ0v) is 11.6. The van der Waals surface area contributed by atoms with E-state index in [1.165, 1.54) is 22.5 Å². The molecule has 102 valence electrons. The zero-order chi connectivity index (χ0) is 13.9. The van der Waals surface area contributed by atoms with Crippen molar-refractivity contribution in [3.8, 4) is 0 Å². The standard InChI is InChI=1S/C15H14N2O2S/c18-14(16-17-15(19)13-5-2-8-20-13)12-7-6-10-3-1-4-11(10)9-12/h2,5-9H,1,3-4H2,(H,16,18)(H,17,19). The minimum atomic E-state index is -0.297. The van der Waals surface area contributed by atoms with E-state index in [1.54, 1.807) is 18.2 Å². The number of aryl methyl sites for hydroxylation is 2. The maximum atomic E-state index is 12.0. The third kappa shape index (κ3) is 2.58. The average molecular weight is 286 g/mol. The van der Waals surface area contributed by atoms with Gasteiger partial charge < -0.3 is 0 Å². The van der Waals surface area contributed by atoms with E-state index in [1.807, 2.05) is 17.5 Å². The molecule has 0 aliphatic heterocycles. The van der Waals surface area contributed by atoms with Crippen molar-refractivity contribution in [3.63, 3.8) is 0 Å². The van der Waals surface area contributed by atoms with Gasteiger partial charge in [0, 0.05) is 5.56 Å². The average Bonchev–Trinajstić information content (AvgIpc) is 3.13. The predicted octanol–water partition coefficient (Wildman–Crippen LogP) is 2.31. The molecule has 0 bridgehead atoms. The molecule has 3 rings (SSSR count). The molecule has 0 unspecified atom stereocenters. The van der Waals surface area contributed by atoms with E-state index >= 15 is 0 Å². The van der Waals surface area contributed by atoms with Crippen LogP contribution < -0.4 is 10.9 Å². The lowest BCUT2D eigenvalue weighted by atomic mass is 10.1. The van der Waals surface area contributed by atoms with Crippen LogP contribution in [0, 0.1) is 0 Å². The topological polar surface area (TPSA) is 58.2 Å². The predicted molar refractivity (Wildman–Crippen MR) is 77.7 cm³/mol. The summed E-state index contributed by atoms with van der Waals surface area (Å²) in [6.07, 6.45) is 3.26. The van der Waals surface area contributed by atoms with Gasteiger partial charge in [-0.25, -0.2) is 0 Å². The highest BCUT2D eigenvalue weighted by molar-refractivity contribution is 7.12. The summed E-state index contributed by atoms with van der Waals surface area (Å²) in [5.74, 6) is -0.584. The number of carbonyl (C=O) groups excluding carboxylic acids is 2. The van der Waals surface area contributed by atoms with Gasteiger partial charge in [-0.05, 0) is 54.0 Å². The fraction of sp³-hybridized carbons (Fsp3) is 0.200. The molecular formula is C15H14N2O2S. The lowest BCUT2D eigenvalue weighted by molar-refractivity contribution is 0.0849.